The molecular formula is C12H11BO. The molecule has 0 aliphatic rings. The van der Waals surface area contributed by atoms with Crippen molar-refractivity contribution in [2.75, 3.05) is 0 Å². The molecule has 0 saturated carbocycles. The molecule has 0 aliphatic heterocycles. The zero-order chi connectivity index (χ0) is 10.1. The summed E-state index contributed by atoms with van der Waals surface area (Å²) in [6.07, 6.45) is 0. The SMILES string of the molecule is Bc1cc(C(C)=O)c2ccccc2c1. The van der Waals surface area contributed by atoms with Crippen LogP contribution in [0.5, 0.6) is 0 Å². The van der Waals surface area contributed by atoms with Crippen LogP contribution in [0.1, 0.15) is 17.3 Å². The maximum atomic E-state index is 11.4. The van der Waals surface area contributed by atoms with Crippen LogP contribution in [0.4, 0.5) is 0 Å². The van der Waals surface area contributed by atoms with E-state index in [9.17, 15) is 4.79 Å². The molecule has 2 heteroatoms. The first-order chi connectivity index (χ1) is 6.68. The van der Waals surface area contributed by atoms with Crippen LogP contribution in [0, 0.1) is 0 Å². The van der Waals surface area contributed by atoms with E-state index in [2.05, 4.69) is 6.07 Å². The summed E-state index contributed by atoms with van der Waals surface area (Å²) < 4.78 is 0. The van der Waals surface area contributed by atoms with Crippen LogP contribution in [0.15, 0.2) is 36.4 Å². The number of fused-ring (bicyclic) bond motifs is 1. The summed E-state index contributed by atoms with van der Waals surface area (Å²) in [4.78, 5) is 11.4. The first-order valence-electron chi connectivity index (χ1n) is 4.69. The highest BCUT2D eigenvalue weighted by atomic mass is 16.1. The van der Waals surface area contributed by atoms with Gasteiger partial charge in [-0.25, -0.2) is 0 Å². The van der Waals surface area contributed by atoms with Gasteiger partial charge in [0.05, 0.1) is 0 Å². The molecule has 0 saturated heterocycles. The van der Waals surface area contributed by atoms with E-state index in [4.69, 9.17) is 0 Å². The Balaban J connectivity index is 2.87. The van der Waals surface area contributed by atoms with Gasteiger partial charge in [0, 0.05) is 5.56 Å². The van der Waals surface area contributed by atoms with Gasteiger partial charge in [0.2, 0.25) is 0 Å². The van der Waals surface area contributed by atoms with Crippen molar-refractivity contribution >= 4 is 29.9 Å². The maximum Gasteiger partial charge on any atom is 0.160 e. The highest BCUT2D eigenvalue weighted by Crippen LogP contribution is 2.17. The van der Waals surface area contributed by atoms with Gasteiger partial charge < -0.3 is 0 Å². The van der Waals surface area contributed by atoms with Crippen LogP contribution in [0.3, 0.4) is 0 Å². The van der Waals surface area contributed by atoms with Gasteiger partial charge in [0.1, 0.15) is 7.85 Å². The molecule has 0 spiro atoms. The molecule has 2 aromatic carbocycles. The lowest BCUT2D eigenvalue weighted by atomic mass is 9.89. The topological polar surface area (TPSA) is 17.1 Å². The molecule has 0 aliphatic carbocycles. The molecule has 1 nitrogen and oxygen atoms in total. The molecule has 68 valence electrons. The van der Waals surface area contributed by atoms with E-state index in [1.54, 1.807) is 6.92 Å². The second kappa shape index (κ2) is 3.30. The summed E-state index contributed by atoms with van der Waals surface area (Å²) in [7, 11) is 2.01. The summed E-state index contributed by atoms with van der Waals surface area (Å²) in [5.74, 6) is 0.130. The Labute approximate surface area is 84.2 Å². The van der Waals surface area contributed by atoms with Gasteiger partial charge in [-0.1, -0.05) is 41.9 Å². The van der Waals surface area contributed by atoms with Gasteiger partial charge in [-0.15, -0.1) is 0 Å². The molecule has 0 unspecified atom stereocenters. The summed E-state index contributed by atoms with van der Waals surface area (Å²) in [5.41, 5.74) is 1.95. The minimum atomic E-state index is 0.130. The molecule has 2 rings (SSSR count). The van der Waals surface area contributed by atoms with Gasteiger partial charge in [-0.2, -0.15) is 0 Å². The summed E-state index contributed by atoms with van der Waals surface area (Å²) in [6, 6.07) is 12.0. The third-order valence-electron chi connectivity index (χ3n) is 2.39. The van der Waals surface area contributed by atoms with Gasteiger partial charge in [0.25, 0.3) is 0 Å². The molecule has 0 heterocycles. The molecule has 0 aromatic heterocycles. The average molecular weight is 182 g/mol. The predicted molar refractivity (Wildman–Crippen MR) is 62.1 cm³/mol. The van der Waals surface area contributed by atoms with E-state index in [0.29, 0.717) is 0 Å². The number of ketones is 1. The normalized spacial score (nSPS) is 10.4. The standard InChI is InChI=1S/C12H11BO/c1-8(14)12-7-10(13)6-9-4-2-3-5-11(9)12/h2-7H,13H2,1H3. The lowest BCUT2D eigenvalue weighted by Gasteiger charge is -2.04. The maximum absolute atomic E-state index is 11.4. The Bertz CT molecular complexity index is 503. The Morgan fingerprint density at radius 1 is 1.21 bits per heavy atom. The van der Waals surface area contributed by atoms with E-state index >= 15 is 0 Å². The smallest absolute Gasteiger partial charge is 0.160 e. The van der Waals surface area contributed by atoms with Crippen molar-refractivity contribution in [3.63, 3.8) is 0 Å². The zero-order valence-corrected chi connectivity index (χ0v) is 8.37. The molecule has 0 amide bonds. The van der Waals surface area contributed by atoms with E-state index in [0.717, 1.165) is 21.8 Å². The second-order valence-corrected chi connectivity index (χ2v) is 3.59. The lowest BCUT2D eigenvalue weighted by molar-refractivity contribution is 0.101. The molecule has 0 atom stereocenters. The van der Waals surface area contributed by atoms with Gasteiger partial charge >= 0.3 is 0 Å². The summed E-state index contributed by atoms with van der Waals surface area (Å²) in [5, 5.41) is 2.18. The monoisotopic (exact) mass is 182 g/mol. The third kappa shape index (κ3) is 1.44. The zero-order valence-electron chi connectivity index (χ0n) is 8.37. The first kappa shape index (κ1) is 9.01. The lowest BCUT2D eigenvalue weighted by Crippen LogP contribution is -2.06. The molecule has 2 aromatic rings. The number of hydrogen-bond acceptors (Lipinski definition) is 1. The highest BCUT2D eigenvalue weighted by Gasteiger charge is 2.05. The number of rotatable bonds is 1. The number of benzene rings is 2. The predicted octanol–water partition coefficient (Wildman–Crippen LogP) is 1.30. The highest BCUT2D eigenvalue weighted by molar-refractivity contribution is 6.34. The Kier molecular flexibility index (Phi) is 2.12. The molecule has 0 bridgehead atoms. The first-order valence-corrected chi connectivity index (χ1v) is 4.69. The summed E-state index contributed by atoms with van der Waals surface area (Å²) in [6.45, 7) is 1.61. The Morgan fingerprint density at radius 3 is 2.64 bits per heavy atom. The second-order valence-electron chi connectivity index (χ2n) is 3.59. The van der Waals surface area contributed by atoms with Gasteiger partial charge in [-0.05, 0) is 17.7 Å². The van der Waals surface area contributed by atoms with E-state index < -0.39 is 0 Å². The van der Waals surface area contributed by atoms with Crippen molar-refractivity contribution in [2.45, 2.75) is 6.92 Å². The fourth-order valence-electron chi connectivity index (χ4n) is 1.75. The van der Waals surface area contributed by atoms with Crippen molar-refractivity contribution in [1.82, 2.24) is 0 Å². The number of carbonyl (C=O) groups excluding carboxylic acids is 1. The molecule has 0 N–H and O–H groups in total. The van der Waals surface area contributed by atoms with Crippen LogP contribution < -0.4 is 5.46 Å². The Hall–Kier alpha value is -1.57. The van der Waals surface area contributed by atoms with Crippen molar-refractivity contribution in [3.8, 4) is 0 Å². The van der Waals surface area contributed by atoms with E-state index in [1.807, 2.05) is 38.2 Å². The van der Waals surface area contributed by atoms with Crippen molar-refractivity contribution in [3.05, 3.63) is 42.0 Å². The van der Waals surface area contributed by atoms with Crippen molar-refractivity contribution < 1.29 is 4.79 Å². The fraction of sp³-hybridized carbons (Fsp3) is 0.0833. The van der Waals surface area contributed by atoms with Crippen LogP contribution in [0.25, 0.3) is 10.8 Å². The Morgan fingerprint density at radius 2 is 1.93 bits per heavy atom. The van der Waals surface area contributed by atoms with Crippen LogP contribution in [0.2, 0.25) is 0 Å². The number of Topliss-reactive ketones (excluding diaryl/α,β-unsaturated/α-hetero) is 1. The summed E-state index contributed by atoms with van der Waals surface area (Å²) >= 11 is 0. The molecule has 14 heavy (non-hydrogen) atoms. The van der Waals surface area contributed by atoms with Crippen molar-refractivity contribution in [1.29, 1.82) is 0 Å². The minimum absolute atomic E-state index is 0.130. The number of hydrogen-bond donors (Lipinski definition) is 0. The van der Waals surface area contributed by atoms with E-state index in [1.165, 1.54) is 0 Å². The van der Waals surface area contributed by atoms with Crippen LogP contribution >= 0.6 is 0 Å². The third-order valence-corrected chi connectivity index (χ3v) is 2.39. The van der Waals surface area contributed by atoms with Crippen LogP contribution in [-0.2, 0) is 0 Å². The van der Waals surface area contributed by atoms with E-state index in [-0.39, 0.29) is 5.78 Å². The largest absolute Gasteiger partial charge is 0.294 e. The number of carbonyl (C=O) groups is 1. The van der Waals surface area contributed by atoms with Crippen molar-refractivity contribution in [2.24, 2.45) is 0 Å². The van der Waals surface area contributed by atoms with Crippen LogP contribution in [-0.4, -0.2) is 13.6 Å². The molecular weight excluding hydrogens is 171 g/mol. The van der Waals surface area contributed by atoms with Gasteiger partial charge in [-0.3, -0.25) is 4.79 Å². The molecule has 0 radical (unpaired) electrons. The fourth-order valence-corrected chi connectivity index (χ4v) is 1.75. The average Bonchev–Trinajstić information content (AvgIpc) is 2.16. The van der Waals surface area contributed by atoms with Gasteiger partial charge in [0.15, 0.2) is 5.78 Å². The minimum Gasteiger partial charge on any atom is -0.294 e. The quantitative estimate of drug-likeness (QED) is 0.479. The molecule has 0 fully saturated rings.